The van der Waals surface area contributed by atoms with Gasteiger partial charge >= 0.3 is 6.03 Å². The van der Waals surface area contributed by atoms with E-state index in [-0.39, 0.29) is 0 Å². The predicted octanol–water partition coefficient (Wildman–Crippen LogP) is 0.907. The van der Waals surface area contributed by atoms with E-state index in [1.165, 1.54) is 0 Å². The molecule has 0 atom stereocenters. The van der Waals surface area contributed by atoms with Crippen molar-refractivity contribution in [2.24, 2.45) is 5.73 Å². The summed E-state index contributed by atoms with van der Waals surface area (Å²) in [5.74, 6) is 0. The molecule has 1 radical (unpaired) electrons. The van der Waals surface area contributed by atoms with E-state index in [2.05, 4.69) is 5.32 Å². The van der Waals surface area contributed by atoms with Crippen molar-refractivity contribution in [3.05, 3.63) is 42.3 Å². The highest BCUT2D eigenvalue weighted by Gasteiger charge is 1.92. The molecule has 0 fully saturated rings. The van der Waals surface area contributed by atoms with Gasteiger partial charge in [0.15, 0.2) is 0 Å². The van der Waals surface area contributed by atoms with E-state index < -0.39 is 6.03 Å². The molecule has 1 aromatic carbocycles. The van der Waals surface area contributed by atoms with E-state index in [1.807, 2.05) is 36.8 Å². The Labute approximate surface area is 71.6 Å². The minimum Gasteiger partial charge on any atom is -0.352 e. The molecule has 0 aromatic heterocycles. The van der Waals surface area contributed by atoms with Crippen molar-refractivity contribution < 1.29 is 4.79 Å². The molecule has 3 heteroatoms. The fraction of sp³-hybridized carbons (Fsp3) is 0.111. The zero-order chi connectivity index (χ0) is 8.81. The molecule has 0 heterocycles. The van der Waals surface area contributed by atoms with E-state index in [1.54, 1.807) is 0 Å². The SMILES string of the molecule is NC(=O)NC[CH]c1ccccc1. The Morgan fingerprint density at radius 2 is 2.08 bits per heavy atom. The number of hydrogen-bond acceptors (Lipinski definition) is 1. The second kappa shape index (κ2) is 4.38. The maximum absolute atomic E-state index is 10.3. The van der Waals surface area contributed by atoms with Gasteiger partial charge in [0.1, 0.15) is 0 Å². The maximum atomic E-state index is 10.3. The molecule has 0 aliphatic heterocycles. The third kappa shape index (κ3) is 3.05. The molecule has 1 aromatic rings. The highest BCUT2D eigenvalue weighted by Crippen LogP contribution is 1.99. The van der Waals surface area contributed by atoms with Crippen LogP contribution in [0.25, 0.3) is 0 Å². The zero-order valence-corrected chi connectivity index (χ0v) is 6.66. The van der Waals surface area contributed by atoms with Crippen molar-refractivity contribution in [3.8, 4) is 0 Å². The van der Waals surface area contributed by atoms with Crippen molar-refractivity contribution in [1.82, 2.24) is 5.32 Å². The van der Waals surface area contributed by atoms with Gasteiger partial charge in [-0.15, -0.1) is 0 Å². The summed E-state index contributed by atoms with van der Waals surface area (Å²) in [6, 6.07) is 9.25. The van der Waals surface area contributed by atoms with Crippen molar-refractivity contribution in [3.63, 3.8) is 0 Å². The number of nitrogens with two attached hydrogens (primary N) is 1. The smallest absolute Gasteiger partial charge is 0.312 e. The molecule has 3 N–H and O–H groups in total. The minimum atomic E-state index is -0.498. The number of carbonyl (C=O) groups excluding carboxylic acids is 1. The van der Waals surface area contributed by atoms with Crippen LogP contribution in [0.5, 0.6) is 0 Å². The molecular weight excluding hydrogens is 152 g/mol. The van der Waals surface area contributed by atoms with E-state index in [4.69, 9.17) is 5.73 Å². The third-order valence-electron chi connectivity index (χ3n) is 1.41. The molecule has 0 aliphatic carbocycles. The summed E-state index contributed by atoms with van der Waals surface area (Å²) in [7, 11) is 0. The summed E-state index contributed by atoms with van der Waals surface area (Å²) < 4.78 is 0. The quantitative estimate of drug-likeness (QED) is 0.683. The Morgan fingerprint density at radius 3 is 2.67 bits per heavy atom. The molecule has 0 spiro atoms. The Hall–Kier alpha value is -1.51. The molecule has 0 aliphatic rings. The molecule has 0 saturated heterocycles. The Kier molecular flexibility index (Phi) is 3.14. The van der Waals surface area contributed by atoms with Crippen LogP contribution in [0.4, 0.5) is 4.79 Å². The normalized spacial score (nSPS) is 9.33. The lowest BCUT2D eigenvalue weighted by atomic mass is 10.1. The lowest BCUT2D eigenvalue weighted by Crippen LogP contribution is -2.30. The van der Waals surface area contributed by atoms with Crippen LogP contribution in [0.2, 0.25) is 0 Å². The second-order valence-corrected chi connectivity index (χ2v) is 2.36. The van der Waals surface area contributed by atoms with Crippen LogP contribution in [0, 0.1) is 6.42 Å². The molecule has 12 heavy (non-hydrogen) atoms. The van der Waals surface area contributed by atoms with E-state index in [0.717, 1.165) is 5.56 Å². The first-order valence-electron chi connectivity index (χ1n) is 3.70. The number of hydrogen-bond donors (Lipinski definition) is 2. The van der Waals surface area contributed by atoms with Gasteiger partial charge in [-0.3, -0.25) is 0 Å². The monoisotopic (exact) mass is 163 g/mol. The maximum Gasteiger partial charge on any atom is 0.312 e. The molecule has 3 nitrogen and oxygen atoms in total. The largest absolute Gasteiger partial charge is 0.352 e. The fourth-order valence-electron chi connectivity index (χ4n) is 0.859. The van der Waals surface area contributed by atoms with Crippen LogP contribution in [0.1, 0.15) is 5.56 Å². The second-order valence-electron chi connectivity index (χ2n) is 2.36. The first kappa shape index (κ1) is 8.59. The lowest BCUT2D eigenvalue weighted by Gasteiger charge is -2.00. The molecule has 0 unspecified atom stereocenters. The topological polar surface area (TPSA) is 55.1 Å². The van der Waals surface area contributed by atoms with E-state index in [0.29, 0.717) is 6.54 Å². The lowest BCUT2D eigenvalue weighted by molar-refractivity contribution is 0.249. The van der Waals surface area contributed by atoms with Gasteiger partial charge < -0.3 is 11.1 Å². The van der Waals surface area contributed by atoms with Gasteiger partial charge in [0.05, 0.1) is 0 Å². The van der Waals surface area contributed by atoms with Crippen LogP contribution in [0.3, 0.4) is 0 Å². The molecule has 0 saturated carbocycles. The van der Waals surface area contributed by atoms with Gasteiger partial charge in [0, 0.05) is 13.0 Å². The van der Waals surface area contributed by atoms with Gasteiger partial charge in [-0.1, -0.05) is 30.3 Å². The van der Waals surface area contributed by atoms with Gasteiger partial charge in [-0.25, -0.2) is 4.79 Å². The summed E-state index contributed by atoms with van der Waals surface area (Å²) in [5.41, 5.74) is 5.96. The summed E-state index contributed by atoms with van der Waals surface area (Å²) >= 11 is 0. The molecule has 63 valence electrons. The summed E-state index contributed by atoms with van der Waals surface area (Å²) in [6.45, 7) is 0.472. The van der Waals surface area contributed by atoms with Crippen LogP contribution in [-0.2, 0) is 0 Å². The van der Waals surface area contributed by atoms with Gasteiger partial charge in [-0.2, -0.15) is 0 Å². The minimum absolute atomic E-state index is 0.472. The number of nitrogens with one attached hydrogen (secondary N) is 1. The van der Waals surface area contributed by atoms with Crippen molar-refractivity contribution in [2.75, 3.05) is 6.54 Å². The number of benzene rings is 1. The third-order valence-corrected chi connectivity index (χ3v) is 1.41. The van der Waals surface area contributed by atoms with Gasteiger partial charge in [0.25, 0.3) is 0 Å². The molecule has 1 rings (SSSR count). The van der Waals surface area contributed by atoms with Crippen LogP contribution in [-0.4, -0.2) is 12.6 Å². The first-order valence-corrected chi connectivity index (χ1v) is 3.70. The highest BCUT2D eigenvalue weighted by molar-refractivity contribution is 5.71. The number of amides is 2. The molecule has 2 amide bonds. The highest BCUT2D eigenvalue weighted by atomic mass is 16.2. The zero-order valence-electron chi connectivity index (χ0n) is 6.66. The van der Waals surface area contributed by atoms with Crippen molar-refractivity contribution in [1.29, 1.82) is 0 Å². The first-order chi connectivity index (χ1) is 5.79. The number of urea groups is 1. The van der Waals surface area contributed by atoms with Crippen LogP contribution >= 0.6 is 0 Å². The van der Waals surface area contributed by atoms with Gasteiger partial charge in [0.2, 0.25) is 0 Å². The summed E-state index contributed by atoms with van der Waals surface area (Å²) in [6.07, 6.45) is 1.89. The number of primary amides is 1. The fourth-order valence-corrected chi connectivity index (χ4v) is 0.859. The molecule has 0 bridgehead atoms. The Bertz CT molecular complexity index is 246. The number of carbonyl (C=O) groups is 1. The summed E-state index contributed by atoms with van der Waals surface area (Å²) in [4.78, 5) is 10.3. The average molecular weight is 163 g/mol. The van der Waals surface area contributed by atoms with Crippen LogP contribution in [0.15, 0.2) is 30.3 Å². The Morgan fingerprint density at radius 1 is 1.42 bits per heavy atom. The standard InChI is InChI=1S/C9H11N2O/c10-9(12)11-7-6-8-4-2-1-3-5-8/h1-6H,7H2,(H3,10,11,12). The van der Waals surface area contributed by atoms with E-state index >= 15 is 0 Å². The predicted molar refractivity (Wildman–Crippen MR) is 47.4 cm³/mol. The van der Waals surface area contributed by atoms with Gasteiger partial charge in [-0.05, 0) is 5.56 Å². The summed E-state index contributed by atoms with van der Waals surface area (Å²) in [5, 5.41) is 2.48. The number of rotatable bonds is 3. The van der Waals surface area contributed by atoms with Crippen molar-refractivity contribution >= 4 is 6.03 Å². The van der Waals surface area contributed by atoms with Crippen LogP contribution < -0.4 is 11.1 Å². The van der Waals surface area contributed by atoms with E-state index in [9.17, 15) is 4.79 Å². The van der Waals surface area contributed by atoms with Crippen molar-refractivity contribution in [2.45, 2.75) is 0 Å². The Balaban J connectivity index is 2.29. The average Bonchev–Trinajstić information content (AvgIpc) is 2.05. The molecular formula is C9H11N2O.